The van der Waals surface area contributed by atoms with E-state index in [1.54, 1.807) is 29.2 Å². The fraction of sp³-hybridized carbons (Fsp3) is 0.238. The first-order valence-electron chi connectivity index (χ1n) is 9.40. The van der Waals surface area contributed by atoms with Crippen molar-refractivity contribution in [1.82, 2.24) is 20.1 Å². The van der Waals surface area contributed by atoms with Crippen molar-refractivity contribution in [3.8, 4) is 11.4 Å². The Labute approximate surface area is 173 Å². The second kappa shape index (κ2) is 9.88. The summed E-state index contributed by atoms with van der Waals surface area (Å²) in [6, 6.07) is 16.7. The smallest absolute Gasteiger partial charge is 0.253 e. The zero-order valence-electron chi connectivity index (χ0n) is 16.4. The summed E-state index contributed by atoms with van der Waals surface area (Å²) in [5.74, 6) is 0.597. The van der Waals surface area contributed by atoms with Gasteiger partial charge in [-0.15, -0.1) is 5.10 Å². The van der Waals surface area contributed by atoms with Crippen LogP contribution in [0.15, 0.2) is 59.8 Å². The number of amides is 2. The number of benzene rings is 2. The Morgan fingerprint density at radius 2 is 1.83 bits per heavy atom. The Morgan fingerprint density at radius 1 is 1.07 bits per heavy atom. The Kier molecular flexibility index (Phi) is 7.02. The van der Waals surface area contributed by atoms with Crippen LogP contribution in [0.1, 0.15) is 24.2 Å². The maximum atomic E-state index is 12.5. The van der Waals surface area contributed by atoms with Gasteiger partial charge < -0.3 is 10.2 Å². The maximum Gasteiger partial charge on any atom is 0.253 e. The Morgan fingerprint density at radius 3 is 2.55 bits per heavy atom. The van der Waals surface area contributed by atoms with Crippen LogP contribution in [0.2, 0.25) is 0 Å². The maximum absolute atomic E-state index is 12.5. The van der Waals surface area contributed by atoms with Crippen LogP contribution in [0.25, 0.3) is 11.4 Å². The van der Waals surface area contributed by atoms with E-state index in [2.05, 4.69) is 20.5 Å². The molecule has 7 nitrogen and oxygen atoms in total. The van der Waals surface area contributed by atoms with Gasteiger partial charge in [0.1, 0.15) is 0 Å². The quantitative estimate of drug-likeness (QED) is 0.554. The molecule has 3 aromatic rings. The molecule has 8 heteroatoms. The lowest BCUT2D eigenvalue weighted by Crippen LogP contribution is -2.30. The second-order valence-corrected chi connectivity index (χ2v) is 7.17. The lowest BCUT2D eigenvalue weighted by Gasteiger charge is -2.19. The largest absolute Gasteiger partial charge is 0.339 e. The number of rotatable bonds is 8. The molecule has 2 aromatic carbocycles. The molecule has 3 rings (SSSR count). The van der Waals surface area contributed by atoms with Gasteiger partial charge >= 0.3 is 0 Å². The standard InChI is InChI=1S/C21H23N5O2S/c1-3-26(4-2)20(28)16-11-8-12-17(13-16)22-18(27)14-29-21-23-19(24-25-21)15-9-6-5-7-10-15/h5-13H,3-4,14H2,1-2H3,(H,22,27)(H,23,24,25). The molecule has 0 fully saturated rings. The molecule has 0 saturated heterocycles. The van der Waals surface area contributed by atoms with Crippen LogP contribution in [0, 0.1) is 0 Å². The minimum atomic E-state index is -0.187. The summed E-state index contributed by atoms with van der Waals surface area (Å²) in [5.41, 5.74) is 2.08. The van der Waals surface area contributed by atoms with Crippen LogP contribution < -0.4 is 5.32 Å². The molecule has 0 atom stereocenters. The van der Waals surface area contributed by atoms with E-state index >= 15 is 0 Å². The van der Waals surface area contributed by atoms with E-state index < -0.39 is 0 Å². The van der Waals surface area contributed by atoms with Crippen molar-refractivity contribution in [2.75, 3.05) is 24.2 Å². The molecule has 2 N–H and O–H groups in total. The lowest BCUT2D eigenvalue weighted by atomic mass is 10.1. The average molecular weight is 410 g/mol. The van der Waals surface area contributed by atoms with Crippen LogP contribution in [-0.2, 0) is 4.79 Å². The molecule has 2 amide bonds. The van der Waals surface area contributed by atoms with E-state index in [1.807, 2.05) is 44.2 Å². The first kappa shape index (κ1) is 20.6. The molecule has 0 unspecified atom stereocenters. The second-order valence-electron chi connectivity index (χ2n) is 6.23. The molecule has 29 heavy (non-hydrogen) atoms. The number of nitrogens with one attached hydrogen (secondary N) is 2. The average Bonchev–Trinajstić information content (AvgIpc) is 3.23. The van der Waals surface area contributed by atoms with E-state index in [0.717, 1.165) is 5.56 Å². The Balaban J connectivity index is 1.57. The van der Waals surface area contributed by atoms with Gasteiger partial charge in [0.15, 0.2) is 5.82 Å². The van der Waals surface area contributed by atoms with Crippen molar-refractivity contribution < 1.29 is 9.59 Å². The number of anilines is 1. The minimum Gasteiger partial charge on any atom is -0.339 e. The number of hydrogen-bond acceptors (Lipinski definition) is 5. The molecule has 1 aromatic heterocycles. The molecule has 0 radical (unpaired) electrons. The first-order chi connectivity index (χ1) is 14.1. The summed E-state index contributed by atoms with van der Waals surface area (Å²) in [6.45, 7) is 5.17. The number of H-pyrrole nitrogens is 1. The number of aromatic nitrogens is 3. The zero-order valence-corrected chi connectivity index (χ0v) is 17.2. The van der Waals surface area contributed by atoms with Gasteiger partial charge in [-0.05, 0) is 32.0 Å². The highest BCUT2D eigenvalue weighted by atomic mass is 32.2. The molecular formula is C21H23N5O2S. The molecule has 0 saturated carbocycles. The summed E-state index contributed by atoms with van der Waals surface area (Å²) >= 11 is 1.25. The van der Waals surface area contributed by atoms with E-state index in [4.69, 9.17) is 0 Å². The van der Waals surface area contributed by atoms with Crippen molar-refractivity contribution >= 4 is 29.3 Å². The summed E-state index contributed by atoms with van der Waals surface area (Å²) < 4.78 is 0. The highest BCUT2D eigenvalue weighted by Gasteiger charge is 2.14. The van der Waals surface area contributed by atoms with Crippen LogP contribution in [0.5, 0.6) is 0 Å². The minimum absolute atomic E-state index is 0.0466. The fourth-order valence-electron chi connectivity index (χ4n) is 2.79. The number of hydrogen-bond donors (Lipinski definition) is 2. The highest BCUT2D eigenvalue weighted by Crippen LogP contribution is 2.19. The molecule has 0 bridgehead atoms. The van der Waals surface area contributed by atoms with Gasteiger partial charge in [-0.1, -0.05) is 48.2 Å². The normalized spacial score (nSPS) is 10.6. The number of carbonyl (C=O) groups excluding carboxylic acids is 2. The summed E-state index contributed by atoms with van der Waals surface area (Å²) in [5, 5.41) is 10.4. The van der Waals surface area contributed by atoms with Gasteiger partial charge in [0.05, 0.1) is 5.75 Å². The van der Waals surface area contributed by atoms with E-state index in [-0.39, 0.29) is 17.6 Å². The van der Waals surface area contributed by atoms with Gasteiger partial charge in [0.2, 0.25) is 11.1 Å². The van der Waals surface area contributed by atoms with E-state index in [1.165, 1.54) is 11.8 Å². The number of carbonyl (C=O) groups is 2. The van der Waals surface area contributed by atoms with Gasteiger partial charge in [0.25, 0.3) is 5.91 Å². The van der Waals surface area contributed by atoms with Gasteiger partial charge in [-0.3, -0.25) is 14.7 Å². The Hall–Kier alpha value is -3.13. The first-order valence-corrected chi connectivity index (χ1v) is 10.4. The third-order valence-corrected chi connectivity index (χ3v) is 5.14. The van der Waals surface area contributed by atoms with Gasteiger partial charge in [-0.2, -0.15) is 0 Å². The number of aromatic amines is 1. The zero-order chi connectivity index (χ0) is 20.6. The fourth-order valence-corrected chi connectivity index (χ4v) is 3.39. The lowest BCUT2D eigenvalue weighted by molar-refractivity contribution is -0.113. The number of nitrogens with zero attached hydrogens (tertiary/aromatic N) is 3. The van der Waals surface area contributed by atoms with Crippen LogP contribution >= 0.6 is 11.8 Å². The molecule has 1 heterocycles. The van der Waals surface area contributed by atoms with Crippen LogP contribution in [0.3, 0.4) is 0 Å². The molecule has 0 aliphatic carbocycles. The van der Waals surface area contributed by atoms with Crippen LogP contribution in [-0.4, -0.2) is 50.7 Å². The van der Waals surface area contributed by atoms with Crippen molar-refractivity contribution in [2.45, 2.75) is 19.0 Å². The highest BCUT2D eigenvalue weighted by molar-refractivity contribution is 7.99. The molecule has 0 aliphatic rings. The molecule has 0 spiro atoms. The third kappa shape index (κ3) is 5.45. The summed E-state index contributed by atoms with van der Waals surface area (Å²) in [6.07, 6.45) is 0. The topological polar surface area (TPSA) is 91.0 Å². The molecule has 0 aliphatic heterocycles. The van der Waals surface area contributed by atoms with Crippen molar-refractivity contribution in [3.63, 3.8) is 0 Å². The van der Waals surface area contributed by atoms with E-state index in [9.17, 15) is 9.59 Å². The van der Waals surface area contributed by atoms with Crippen molar-refractivity contribution in [3.05, 3.63) is 60.2 Å². The van der Waals surface area contributed by atoms with Crippen molar-refractivity contribution in [1.29, 1.82) is 0 Å². The van der Waals surface area contributed by atoms with Gasteiger partial charge in [0, 0.05) is 29.9 Å². The predicted molar refractivity (Wildman–Crippen MR) is 115 cm³/mol. The Bertz CT molecular complexity index is 970. The van der Waals surface area contributed by atoms with Crippen LogP contribution in [0.4, 0.5) is 5.69 Å². The SMILES string of the molecule is CCN(CC)C(=O)c1cccc(NC(=O)CSc2n[nH]c(-c3ccccc3)n2)c1. The predicted octanol–water partition coefficient (Wildman–Crippen LogP) is 3.68. The number of thioether (sulfide) groups is 1. The monoisotopic (exact) mass is 409 g/mol. The third-order valence-electron chi connectivity index (χ3n) is 4.29. The van der Waals surface area contributed by atoms with E-state index in [0.29, 0.717) is 35.3 Å². The van der Waals surface area contributed by atoms with Gasteiger partial charge in [-0.25, -0.2) is 4.98 Å². The van der Waals surface area contributed by atoms with Crippen molar-refractivity contribution in [2.24, 2.45) is 0 Å². The summed E-state index contributed by atoms with van der Waals surface area (Å²) in [4.78, 5) is 30.9. The summed E-state index contributed by atoms with van der Waals surface area (Å²) in [7, 11) is 0. The molecular weight excluding hydrogens is 386 g/mol. The molecule has 150 valence electrons.